The molecule has 0 saturated heterocycles. The van der Waals surface area contributed by atoms with Crippen LogP contribution in [0.25, 0.3) is 0 Å². The monoisotopic (exact) mass is 314 g/mol. The first-order valence-corrected chi connectivity index (χ1v) is 6.70. The van der Waals surface area contributed by atoms with Gasteiger partial charge >= 0.3 is 0 Å². The van der Waals surface area contributed by atoms with Gasteiger partial charge in [-0.3, -0.25) is 4.79 Å². The van der Waals surface area contributed by atoms with Crippen LogP contribution >= 0.6 is 15.9 Å². The van der Waals surface area contributed by atoms with Crippen LogP contribution in [0.4, 0.5) is 0 Å². The van der Waals surface area contributed by atoms with Gasteiger partial charge in [0.15, 0.2) is 0 Å². The van der Waals surface area contributed by atoms with Crippen LogP contribution in [-0.4, -0.2) is 26.6 Å². The zero-order chi connectivity index (χ0) is 13.4. The average molecular weight is 315 g/mol. The van der Waals surface area contributed by atoms with Crippen LogP contribution in [0.15, 0.2) is 22.7 Å². The van der Waals surface area contributed by atoms with E-state index in [-0.39, 0.29) is 5.91 Å². The van der Waals surface area contributed by atoms with Crippen LogP contribution < -0.4 is 15.4 Å². The molecule has 0 spiro atoms. The molecule has 0 unspecified atom stereocenters. The largest absolute Gasteiger partial charge is 0.496 e. The third-order valence-electron chi connectivity index (χ3n) is 2.54. The van der Waals surface area contributed by atoms with Crippen LogP contribution in [-0.2, 0) is 11.3 Å². The molecule has 0 atom stereocenters. The summed E-state index contributed by atoms with van der Waals surface area (Å²) in [7, 11) is 3.51. The topological polar surface area (TPSA) is 50.4 Å². The summed E-state index contributed by atoms with van der Waals surface area (Å²) >= 11 is 3.42. The molecular weight excluding hydrogens is 296 g/mol. The van der Waals surface area contributed by atoms with Crippen molar-refractivity contribution in [1.29, 1.82) is 0 Å². The number of methoxy groups -OCH3 is 1. The zero-order valence-corrected chi connectivity index (χ0v) is 12.3. The predicted molar refractivity (Wildman–Crippen MR) is 75.7 cm³/mol. The summed E-state index contributed by atoms with van der Waals surface area (Å²) in [5.41, 5.74) is 1.05. The third kappa shape index (κ3) is 5.06. The van der Waals surface area contributed by atoms with Gasteiger partial charge in [-0.05, 0) is 53.6 Å². The Balaban J connectivity index is 2.39. The van der Waals surface area contributed by atoms with E-state index in [0.29, 0.717) is 13.0 Å². The minimum absolute atomic E-state index is 0.0807. The van der Waals surface area contributed by atoms with Crippen LogP contribution in [0.2, 0.25) is 0 Å². The van der Waals surface area contributed by atoms with Crippen LogP contribution in [0.3, 0.4) is 0 Å². The molecule has 1 aromatic carbocycles. The van der Waals surface area contributed by atoms with Crippen molar-refractivity contribution in [1.82, 2.24) is 10.6 Å². The fourth-order valence-corrected chi connectivity index (χ4v) is 2.12. The van der Waals surface area contributed by atoms with E-state index in [4.69, 9.17) is 4.74 Å². The van der Waals surface area contributed by atoms with Gasteiger partial charge in [-0.1, -0.05) is 6.07 Å². The number of ether oxygens (including phenoxy) is 1. The summed E-state index contributed by atoms with van der Waals surface area (Å²) in [5, 5.41) is 5.91. The number of hydrogen-bond donors (Lipinski definition) is 2. The lowest BCUT2D eigenvalue weighted by Crippen LogP contribution is -2.23. The summed E-state index contributed by atoms with van der Waals surface area (Å²) in [6.45, 7) is 1.41. The predicted octanol–water partition coefficient (Wildman–Crippen LogP) is 2.07. The first kappa shape index (κ1) is 15.0. The van der Waals surface area contributed by atoms with Crippen molar-refractivity contribution in [3.63, 3.8) is 0 Å². The smallest absolute Gasteiger partial charge is 0.220 e. The van der Waals surface area contributed by atoms with E-state index < -0.39 is 0 Å². The maximum atomic E-state index is 11.5. The maximum Gasteiger partial charge on any atom is 0.220 e. The number of amides is 1. The summed E-state index contributed by atoms with van der Waals surface area (Å²) in [6.07, 6.45) is 1.41. The average Bonchev–Trinajstić information content (AvgIpc) is 2.37. The van der Waals surface area contributed by atoms with Crippen molar-refractivity contribution in [2.45, 2.75) is 19.4 Å². The summed E-state index contributed by atoms with van der Waals surface area (Å²) in [4.78, 5) is 11.5. The Kier molecular flexibility index (Phi) is 6.75. The lowest BCUT2D eigenvalue weighted by molar-refractivity contribution is -0.121. The number of halogens is 1. The minimum atomic E-state index is 0.0807. The molecule has 0 heterocycles. The summed E-state index contributed by atoms with van der Waals surface area (Å²) in [6, 6.07) is 5.77. The maximum absolute atomic E-state index is 11.5. The Morgan fingerprint density at radius 2 is 2.22 bits per heavy atom. The first-order valence-electron chi connectivity index (χ1n) is 5.91. The Morgan fingerprint density at radius 3 is 2.83 bits per heavy atom. The van der Waals surface area contributed by atoms with Gasteiger partial charge in [0.2, 0.25) is 5.91 Å². The Hall–Kier alpha value is -1.07. The number of carbonyl (C=O) groups excluding carboxylic acids is 1. The Morgan fingerprint density at radius 1 is 1.44 bits per heavy atom. The standard InChI is InChI=1S/C13H19BrN2O2/c1-15-7-3-4-13(17)16-9-10-5-6-12(18-2)11(14)8-10/h5-6,8,15H,3-4,7,9H2,1-2H3,(H,16,17). The van der Waals surface area contributed by atoms with Gasteiger partial charge in [0.05, 0.1) is 11.6 Å². The molecule has 1 rings (SSSR count). The molecule has 0 saturated carbocycles. The highest BCUT2D eigenvalue weighted by Crippen LogP contribution is 2.25. The Labute approximate surface area is 116 Å². The van der Waals surface area contributed by atoms with Crippen molar-refractivity contribution < 1.29 is 9.53 Å². The van der Waals surface area contributed by atoms with Crippen molar-refractivity contribution in [3.8, 4) is 5.75 Å². The van der Waals surface area contributed by atoms with Crippen molar-refractivity contribution >= 4 is 21.8 Å². The number of hydrogen-bond acceptors (Lipinski definition) is 3. The van der Waals surface area contributed by atoms with E-state index in [1.165, 1.54) is 0 Å². The van der Waals surface area contributed by atoms with Crippen LogP contribution in [0, 0.1) is 0 Å². The second-order valence-corrected chi connectivity index (χ2v) is 4.81. The molecule has 1 amide bonds. The van der Waals surface area contributed by atoms with E-state index >= 15 is 0 Å². The molecule has 1 aromatic rings. The van der Waals surface area contributed by atoms with Gasteiger partial charge in [0.25, 0.3) is 0 Å². The SMILES string of the molecule is CNCCCC(=O)NCc1ccc(OC)c(Br)c1. The van der Waals surface area contributed by atoms with Gasteiger partial charge in [-0.15, -0.1) is 0 Å². The van der Waals surface area contributed by atoms with Gasteiger partial charge in [-0.2, -0.15) is 0 Å². The van der Waals surface area contributed by atoms with Crippen LogP contribution in [0.1, 0.15) is 18.4 Å². The van der Waals surface area contributed by atoms with Gasteiger partial charge in [0.1, 0.15) is 5.75 Å². The second-order valence-electron chi connectivity index (χ2n) is 3.95. The number of nitrogens with one attached hydrogen (secondary N) is 2. The molecule has 0 aliphatic carbocycles. The lowest BCUT2D eigenvalue weighted by Gasteiger charge is -2.08. The van der Waals surface area contributed by atoms with Gasteiger partial charge in [0, 0.05) is 13.0 Å². The normalized spacial score (nSPS) is 10.2. The van der Waals surface area contributed by atoms with E-state index in [1.807, 2.05) is 25.2 Å². The van der Waals surface area contributed by atoms with E-state index in [0.717, 1.165) is 28.8 Å². The first-order chi connectivity index (χ1) is 8.67. The molecule has 0 aromatic heterocycles. The Bertz CT molecular complexity index is 397. The highest BCUT2D eigenvalue weighted by Gasteiger charge is 2.03. The molecule has 0 aliphatic rings. The van der Waals surface area contributed by atoms with Crippen molar-refractivity contribution in [3.05, 3.63) is 28.2 Å². The molecule has 4 nitrogen and oxygen atoms in total. The van der Waals surface area contributed by atoms with E-state index in [1.54, 1.807) is 7.11 Å². The highest BCUT2D eigenvalue weighted by molar-refractivity contribution is 9.10. The molecule has 0 bridgehead atoms. The summed E-state index contributed by atoms with van der Waals surface area (Å²) < 4.78 is 6.05. The molecule has 0 aliphatic heterocycles. The molecule has 5 heteroatoms. The van der Waals surface area contributed by atoms with Crippen LogP contribution in [0.5, 0.6) is 5.75 Å². The van der Waals surface area contributed by atoms with E-state index in [9.17, 15) is 4.79 Å². The molecule has 18 heavy (non-hydrogen) atoms. The zero-order valence-electron chi connectivity index (χ0n) is 10.8. The number of carbonyl (C=O) groups is 1. The fourth-order valence-electron chi connectivity index (χ4n) is 1.53. The quantitative estimate of drug-likeness (QED) is 0.758. The molecule has 100 valence electrons. The minimum Gasteiger partial charge on any atom is -0.496 e. The summed E-state index contributed by atoms with van der Waals surface area (Å²) in [5.74, 6) is 0.872. The number of rotatable bonds is 7. The molecule has 0 fully saturated rings. The second kappa shape index (κ2) is 8.11. The fraction of sp³-hybridized carbons (Fsp3) is 0.462. The third-order valence-corrected chi connectivity index (χ3v) is 3.16. The van der Waals surface area contributed by atoms with Gasteiger partial charge < -0.3 is 15.4 Å². The lowest BCUT2D eigenvalue weighted by atomic mass is 10.2. The van der Waals surface area contributed by atoms with E-state index in [2.05, 4.69) is 26.6 Å². The molecule has 2 N–H and O–H groups in total. The highest BCUT2D eigenvalue weighted by atomic mass is 79.9. The van der Waals surface area contributed by atoms with Gasteiger partial charge in [-0.25, -0.2) is 0 Å². The molecule has 0 radical (unpaired) electrons. The molecular formula is C13H19BrN2O2. The van der Waals surface area contributed by atoms with Crippen molar-refractivity contribution in [2.75, 3.05) is 20.7 Å². The number of benzene rings is 1. The van der Waals surface area contributed by atoms with Crippen molar-refractivity contribution in [2.24, 2.45) is 0 Å².